The van der Waals surface area contributed by atoms with Crippen LogP contribution >= 0.6 is 0 Å². The molecule has 2 heterocycles. The Labute approximate surface area is 157 Å². The highest BCUT2D eigenvalue weighted by Crippen LogP contribution is 2.27. The Morgan fingerprint density at radius 3 is 2.56 bits per heavy atom. The van der Waals surface area contributed by atoms with Crippen molar-refractivity contribution in [1.82, 2.24) is 19.7 Å². The van der Waals surface area contributed by atoms with E-state index < -0.39 is 10.8 Å². The number of para-hydroxylation sites is 1. The molecule has 4 rings (SSSR count). The lowest BCUT2D eigenvalue weighted by Gasteiger charge is -2.07. The maximum atomic E-state index is 14.2. The van der Waals surface area contributed by atoms with E-state index >= 15 is 0 Å². The van der Waals surface area contributed by atoms with Gasteiger partial charge in [-0.3, -0.25) is 4.21 Å². The lowest BCUT2D eigenvalue weighted by molar-refractivity contribution is 0.414. The molecule has 27 heavy (non-hydrogen) atoms. The van der Waals surface area contributed by atoms with E-state index in [-0.39, 0.29) is 5.82 Å². The second kappa shape index (κ2) is 6.88. The van der Waals surface area contributed by atoms with E-state index in [1.807, 2.05) is 24.3 Å². The van der Waals surface area contributed by atoms with Gasteiger partial charge in [0.25, 0.3) is 5.95 Å². The van der Waals surface area contributed by atoms with Crippen LogP contribution in [0, 0.1) is 5.82 Å². The molecule has 0 saturated heterocycles. The molecule has 0 aliphatic carbocycles. The fraction of sp³-hybridized carbons (Fsp3) is 0.105. The largest absolute Gasteiger partial charge is 0.497 e. The molecular weight excluding hydrogens is 367 g/mol. The Bertz CT molecular complexity index is 1160. The van der Waals surface area contributed by atoms with E-state index in [2.05, 4.69) is 15.1 Å². The number of methoxy groups -OCH3 is 1. The number of benzene rings is 2. The van der Waals surface area contributed by atoms with Crippen molar-refractivity contribution in [3.8, 4) is 22.8 Å². The maximum Gasteiger partial charge on any atom is 0.251 e. The average Bonchev–Trinajstić information content (AvgIpc) is 3.09. The number of fused-ring (bicyclic) bond motifs is 1. The quantitative estimate of drug-likeness (QED) is 0.541. The van der Waals surface area contributed by atoms with Gasteiger partial charge < -0.3 is 4.74 Å². The predicted octanol–water partition coefficient (Wildman–Crippen LogP) is 3.37. The van der Waals surface area contributed by atoms with Crippen LogP contribution in [0.3, 0.4) is 0 Å². The first-order chi connectivity index (χ1) is 13.1. The number of aromatic nitrogens is 4. The molecule has 0 aliphatic heterocycles. The summed E-state index contributed by atoms with van der Waals surface area (Å²) in [6, 6.07) is 11.9. The van der Waals surface area contributed by atoms with Crippen molar-refractivity contribution in [3.63, 3.8) is 0 Å². The first-order valence-corrected chi connectivity index (χ1v) is 9.62. The fourth-order valence-corrected chi connectivity index (χ4v) is 3.50. The van der Waals surface area contributed by atoms with Crippen LogP contribution in [0.15, 0.2) is 59.9 Å². The summed E-state index contributed by atoms with van der Waals surface area (Å²) >= 11 is 0. The minimum absolute atomic E-state index is 0.315. The zero-order valence-corrected chi connectivity index (χ0v) is 15.4. The zero-order chi connectivity index (χ0) is 19.0. The standard InChI is InChI=1S/C19H15FN4O2S/c1-26-13-7-8-16(20)15(9-13)12-10-21-19(22-11-12)24-17-6-4-3-5-14(17)18(23-24)27(2)25/h3-11H,1-2H3. The lowest BCUT2D eigenvalue weighted by Crippen LogP contribution is -2.03. The van der Waals surface area contributed by atoms with E-state index in [0.717, 1.165) is 10.9 Å². The van der Waals surface area contributed by atoms with Gasteiger partial charge in [-0.15, -0.1) is 0 Å². The Morgan fingerprint density at radius 1 is 1.11 bits per heavy atom. The molecule has 6 nitrogen and oxygen atoms in total. The molecule has 0 amide bonds. The van der Waals surface area contributed by atoms with E-state index in [9.17, 15) is 8.60 Å². The first-order valence-electron chi connectivity index (χ1n) is 8.06. The van der Waals surface area contributed by atoms with Crippen molar-refractivity contribution >= 4 is 21.7 Å². The summed E-state index contributed by atoms with van der Waals surface area (Å²) in [5, 5.41) is 5.66. The summed E-state index contributed by atoms with van der Waals surface area (Å²) in [5.41, 5.74) is 1.62. The number of hydrogen-bond acceptors (Lipinski definition) is 5. The Balaban J connectivity index is 1.80. The Kier molecular flexibility index (Phi) is 4.41. The van der Waals surface area contributed by atoms with Gasteiger partial charge in [0.2, 0.25) is 0 Å². The molecule has 2 aromatic carbocycles. The van der Waals surface area contributed by atoms with Crippen molar-refractivity contribution in [2.24, 2.45) is 0 Å². The monoisotopic (exact) mass is 382 g/mol. The zero-order valence-electron chi connectivity index (χ0n) is 14.6. The summed E-state index contributed by atoms with van der Waals surface area (Å²) in [5.74, 6) is 0.471. The molecule has 2 aromatic heterocycles. The molecular formula is C19H15FN4O2S. The number of halogens is 1. The van der Waals surface area contributed by atoms with E-state index in [0.29, 0.717) is 27.9 Å². The number of nitrogens with zero attached hydrogens (tertiary/aromatic N) is 4. The van der Waals surface area contributed by atoms with Crippen LogP contribution in [0.2, 0.25) is 0 Å². The van der Waals surface area contributed by atoms with Crippen molar-refractivity contribution in [3.05, 3.63) is 60.7 Å². The van der Waals surface area contributed by atoms with Gasteiger partial charge >= 0.3 is 0 Å². The van der Waals surface area contributed by atoms with Crippen LogP contribution in [0.1, 0.15) is 0 Å². The summed E-state index contributed by atoms with van der Waals surface area (Å²) in [4.78, 5) is 8.66. The van der Waals surface area contributed by atoms with Gasteiger partial charge in [-0.05, 0) is 30.3 Å². The lowest BCUT2D eigenvalue weighted by atomic mass is 10.1. The van der Waals surface area contributed by atoms with Crippen LogP contribution in [0.5, 0.6) is 5.75 Å². The van der Waals surface area contributed by atoms with E-state index in [4.69, 9.17) is 4.74 Å². The molecule has 136 valence electrons. The predicted molar refractivity (Wildman–Crippen MR) is 101 cm³/mol. The minimum Gasteiger partial charge on any atom is -0.497 e. The number of hydrogen-bond donors (Lipinski definition) is 0. The van der Waals surface area contributed by atoms with Gasteiger partial charge in [0.15, 0.2) is 5.03 Å². The summed E-state index contributed by atoms with van der Waals surface area (Å²) in [7, 11) is 0.274. The first kappa shape index (κ1) is 17.3. The highest BCUT2D eigenvalue weighted by Gasteiger charge is 2.16. The third-order valence-corrected chi connectivity index (χ3v) is 4.98. The highest BCUT2D eigenvalue weighted by molar-refractivity contribution is 7.84. The van der Waals surface area contributed by atoms with Crippen molar-refractivity contribution in [2.75, 3.05) is 13.4 Å². The Morgan fingerprint density at radius 2 is 1.85 bits per heavy atom. The third-order valence-electron chi connectivity index (χ3n) is 4.14. The van der Waals surface area contributed by atoms with Crippen molar-refractivity contribution in [2.45, 2.75) is 5.03 Å². The molecule has 0 fully saturated rings. The van der Waals surface area contributed by atoms with Crippen molar-refractivity contribution in [1.29, 1.82) is 0 Å². The second-order valence-electron chi connectivity index (χ2n) is 5.81. The molecule has 1 atom stereocenters. The summed E-state index contributed by atoms with van der Waals surface area (Å²) in [6.07, 6.45) is 4.63. The van der Waals surface area contributed by atoms with Gasteiger partial charge in [-0.1, -0.05) is 12.1 Å². The molecule has 0 spiro atoms. The highest BCUT2D eigenvalue weighted by atomic mass is 32.2. The van der Waals surface area contributed by atoms with Crippen LogP contribution in [-0.2, 0) is 10.8 Å². The minimum atomic E-state index is -1.25. The van der Waals surface area contributed by atoms with E-state index in [1.54, 1.807) is 18.4 Å². The van der Waals surface area contributed by atoms with Crippen LogP contribution in [0.4, 0.5) is 4.39 Å². The second-order valence-corrected chi connectivity index (χ2v) is 7.10. The maximum absolute atomic E-state index is 14.2. The summed E-state index contributed by atoms with van der Waals surface area (Å²) < 4.78 is 32.8. The van der Waals surface area contributed by atoms with E-state index in [1.165, 1.54) is 30.3 Å². The Hall–Kier alpha value is -3.13. The molecule has 8 heteroatoms. The van der Waals surface area contributed by atoms with Gasteiger partial charge in [0, 0.05) is 35.2 Å². The topological polar surface area (TPSA) is 69.9 Å². The molecule has 1 unspecified atom stereocenters. The van der Waals surface area contributed by atoms with Gasteiger partial charge in [0.1, 0.15) is 11.6 Å². The average molecular weight is 382 g/mol. The SMILES string of the molecule is COc1ccc(F)c(-c2cnc(-n3nc(S(C)=O)c4ccccc43)nc2)c1. The molecule has 0 aliphatic rings. The third kappa shape index (κ3) is 3.08. The normalized spacial score (nSPS) is 12.3. The smallest absolute Gasteiger partial charge is 0.251 e. The molecule has 0 bridgehead atoms. The van der Waals surface area contributed by atoms with Crippen LogP contribution < -0.4 is 4.74 Å². The number of ether oxygens (including phenoxy) is 1. The number of rotatable bonds is 4. The van der Waals surface area contributed by atoms with Gasteiger partial charge in [0.05, 0.1) is 23.4 Å². The van der Waals surface area contributed by atoms with Crippen molar-refractivity contribution < 1.29 is 13.3 Å². The molecule has 0 N–H and O–H groups in total. The van der Waals surface area contributed by atoms with Gasteiger partial charge in [-0.25, -0.2) is 14.4 Å². The van der Waals surface area contributed by atoms with Crippen LogP contribution in [0.25, 0.3) is 28.0 Å². The molecule has 4 aromatic rings. The van der Waals surface area contributed by atoms with Crippen LogP contribution in [-0.4, -0.2) is 37.3 Å². The summed E-state index contributed by atoms with van der Waals surface area (Å²) in [6.45, 7) is 0. The fourth-order valence-electron chi connectivity index (χ4n) is 2.82. The van der Waals surface area contributed by atoms with Gasteiger partial charge in [-0.2, -0.15) is 9.78 Å². The molecule has 0 radical (unpaired) electrons. The molecule has 0 saturated carbocycles.